The smallest absolute Gasteiger partial charge is 0.0584 e. The predicted molar refractivity (Wildman–Crippen MR) is 64.6 cm³/mol. The first kappa shape index (κ1) is 12.0. The van der Waals surface area contributed by atoms with E-state index in [0.29, 0.717) is 0 Å². The summed E-state index contributed by atoms with van der Waals surface area (Å²) in [5.74, 6) is 0. The van der Waals surface area contributed by atoms with Crippen molar-refractivity contribution >= 4 is 6.08 Å². The van der Waals surface area contributed by atoms with Crippen molar-refractivity contribution in [3.63, 3.8) is 0 Å². The van der Waals surface area contributed by atoms with Crippen LogP contribution in [0.1, 0.15) is 18.9 Å². The van der Waals surface area contributed by atoms with Crippen LogP contribution in [-0.4, -0.2) is 24.3 Å². The molecule has 0 spiro atoms. The number of aliphatic hydroxyl groups is 1. The molecule has 0 bridgehead atoms. The minimum atomic E-state index is 0.204. The molecule has 0 aliphatic rings. The van der Waals surface area contributed by atoms with Gasteiger partial charge in [0.15, 0.2) is 0 Å². The molecule has 15 heavy (non-hydrogen) atoms. The fraction of sp³-hybridized carbons (Fsp3) is 0.385. The third-order valence-corrected chi connectivity index (χ3v) is 2.35. The first-order valence-corrected chi connectivity index (χ1v) is 5.42. The summed E-state index contributed by atoms with van der Waals surface area (Å²) >= 11 is 0. The molecule has 0 aromatic heterocycles. The second-order valence-electron chi connectivity index (χ2n) is 3.51. The average Bonchev–Trinajstić information content (AvgIpc) is 2.31. The monoisotopic (exact) mass is 205 g/mol. The summed E-state index contributed by atoms with van der Waals surface area (Å²) < 4.78 is 0. The molecule has 0 fully saturated rings. The number of hydrogen-bond acceptors (Lipinski definition) is 2. The molecule has 2 nitrogen and oxygen atoms in total. The Morgan fingerprint density at radius 1 is 1.33 bits per heavy atom. The van der Waals surface area contributed by atoms with Gasteiger partial charge in [0.2, 0.25) is 0 Å². The van der Waals surface area contributed by atoms with E-state index in [1.54, 1.807) is 0 Å². The summed E-state index contributed by atoms with van der Waals surface area (Å²) in [4.78, 5) is 0. The molecule has 82 valence electrons. The lowest BCUT2D eigenvalue weighted by molar-refractivity contribution is 0.242. The normalized spacial score (nSPS) is 13.2. The Morgan fingerprint density at radius 2 is 2.07 bits per heavy atom. The van der Waals surface area contributed by atoms with E-state index in [4.69, 9.17) is 5.11 Å². The van der Waals surface area contributed by atoms with E-state index in [-0.39, 0.29) is 12.6 Å². The second-order valence-corrected chi connectivity index (χ2v) is 3.51. The number of rotatable bonds is 6. The van der Waals surface area contributed by atoms with Gasteiger partial charge in [-0.05, 0) is 12.0 Å². The fourth-order valence-corrected chi connectivity index (χ4v) is 1.33. The molecular weight excluding hydrogens is 186 g/mol. The van der Waals surface area contributed by atoms with Crippen molar-refractivity contribution in [2.75, 3.05) is 13.2 Å². The highest BCUT2D eigenvalue weighted by Crippen LogP contribution is 2.00. The summed E-state index contributed by atoms with van der Waals surface area (Å²) in [6.45, 7) is 3.07. The zero-order chi connectivity index (χ0) is 10.9. The van der Waals surface area contributed by atoms with Gasteiger partial charge in [0.25, 0.3) is 0 Å². The summed E-state index contributed by atoms with van der Waals surface area (Å²) in [5, 5.41) is 12.2. The summed E-state index contributed by atoms with van der Waals surface area (Å²) in [6.07, 6.45) is 5.11. The SMILES string of the molecule is CC[C@H](CO)NC/C=C/c1ccccc1. The van der Waals surface area contributed by atoms with Crippen LogP contribution < -0.4 is 5.32 Å². The van der Waals surface area contributed by atoms with Crippen LogP contribution >= 0.6 is 0 Å². The minimum Gasteiger partial charge on any atom is -0.395 e. The molecule has 0 heterocycles. The third kappa shape index (κ3) is 4.77. The summed E-state index contributed by atoms with van der Waals surface area (Å²) in [6, 6.07) is 10.4. The number of nitrogens with one attached hydrogen (secondary N) is 1. The van der Waals surface area contributed by atoms with Crippen LogP contribution in [-0.2, 0) is 0 Å². The molecule has 2 N–H and O–H groups in total. The molecule has 0 saturated carbocycles. The lowest BCUT2D eigenvalue weighted by atomic mass is 10.2. The molecule has 1 atom stereocenters. The quantitative estimate of drug-likeness (QED) is 0.745. The van der Waals surface area contributed by atoms with Gasteiger partial charge < -0.3 is 10.4 Å². The van der Waals surface area contributed by atoms with Gasteiger partial charge in [0.05, 0.1) is 6.61 Å². The number of aliphatic hydroxyl groups excluding tert-OH is 1. The number of benzene rings is 1. The molecule has 0 amide bonds. The summed E-state index contributed by atoms with van der Waals surface area (Å²) in [5.41, 5.74) is 1.20. The Balaban J connectivity index is 2.28. The van der Waals surface area contributed by atoms with Gasteiger partial charge in [-0.3, -0.25) is 0 Å². The lowest BCUT2D eigenvalue weighted by Gasteiger charge is -2.11. The van der Waals surface area contributed by atoms with Gasteiger partial charge in [-0.1, -0.05) is 49.4 Å². The molecule has 0 unspecified atom stereocenters. The van der Waals surface area contributed by atoms with Gasteiger partial charge in [-0.15, -0.1) is 0 Å². The predicted octanol–water partition coefficient (Wildman–Crippen LogP) is 2.06. The van der Waals surface area contributed by atoms with Crippen molar-refractivity contribution in [3.8, 4) is 0 Å². The van der Waals surface area contributed by atoms with Gasteiger partial charge in [-0.25, -0.2) is 0 Å². The standard InChI is InChI=1S/C13H19NO/c1-2-13(11-15)14-10-6-9-12-7-4-3-5-8-12/h3-9,13-15H,2,10-11H2,1H3/b9-6+/t13-/m1/s1. The third-order valence-electron chi connectivity index (χ3n) is 2.35. The van der Waals surface area contributed by atoms with E-state index < -0.39 is 0 Å². The molecule has 0 saturated heterocycles. The lowest BCUT2D eigenvalue weighted by Crippen LogP contribution is -2.31. The van der Waals surface area contributed by atoms with Gasteiger partial charge in [0.1, 0.15) is 0 Å². The van der Waals surface area contributed by atoms with E-state index >= 15 is 0 Å². The molecule has 0 aliphatic heterocycles. The zero-order valence-electron chi connectivity index (χ0n) is 9.19. The molecule has 1 aromatic rings. The van der Waals surface area contributed by atoms with Crippen LogP contribution in [0.5, 0.6) is 0 Å². The van der Waals surface area contributed by atoms with E-state index in [2.05, 4.69) is 36.5 Å². The van der Waals surface area contributed by atoms with E-state index in [1.807, 2.05) is 18.2 Å². The molecule has 2 heteroatoms. The van der Waals surface area contributed by atoms with E-state index in [0.717, 1.165) is 13.0 Å². The van der Waals surface area contributed by atoms with Gasteiger partial charge >= 0.3 is 0 Å². The molecule has 0 aliphatic carbocycles. The van der Waals surface area contributed by atoms with Crippen molar-refractivity contribution in [3.05, 3.63) is 42.0 Å². The van der Waals surface area contributed by atoms with Crippen LogP contribution in [0.4, 0.5) is 0 Å². The average molecular weight is 205 g/mol. The van der Waals surface area contributed by atoms with Crippen LogP contribution in [0, 0.1) is 0 Å². The first-order chi connectivity index (χ1) is 7.36. The maximum atomic E-state index is 8.96. The number of hydrogen-bond donors (Lipinski definition) is 2. The van der Waals surface area contributed by atoms with Crippen molar-refractivity contribution in [2.24, 2.45) is 0 Å². The Bertz CT molecular complexity index is 278. The highest BCUT2D eigenvalue weighted by molar-refractivity contribution is 5.48. The molecule has 1 aromatic carbocycles. The van der Waals surface area contributed by atoms with Crippen LogP contribution in [0.3, 0.4) is 0 Å². The first-order valence-electron chi connectivity index (χ1n) is 5.42. The van der Waals surface area contributed by atoms with Crippen molar-refractivity contribution in [1.82, 2.24) is 5.32 Å². The van der Waals surface area contributed by atoms with Crippen LogP contribution in [0.25, 0.3) is 6.08 Å². The Hall–Kier alpha value is -1.12. The molecular formula is C13H19NO. The Morgan fingerprint density at radius 3 is 2.67 bits per heavy atom. The highest BCUT2D eigenvalue weighted by atomic mass is 16.3. The van der Waals surface area contributed by atoms with Crippen molar-refractivity contribution in [2.45, 2.75) is 19.4 Å². The van der Waals surface area contributed by atoms with E-state index in [1.165, 1.54) is 5.56 Å². The summed E-state index contributed by atoms with van der Waals surface area (Å²) in [7, 11) is 0. The maximum absolute atomic E-state index is 8.96. The largest absolute Gasteiger partial charge is 0.395 e. The Labute approximate surface area is 91.6 Å². The van der Waals surface area contributed by atoms with E-state index in [9.17, 15) is 0 Å². The maximum Gasteiger partial charge on any atom is 0.0584 e. The van der Waals surface area contributed by atoms with Crippen molar-refractivity contribution in [1.29, 1.82) is 0 Å². The van der Waals surface area contributed by atoms with Gasteiger partial charge in [0, 0.05) is 12.6 Å². The fourth-order valence-electron chi connectivity index (χ4n) is 1.33. The minimum absolute atomic E-state index is 0.204. The van der Waals surface area contributed by atoms with Gasteiger partial charge in [-0.2, -0.15) is 0 Å². The second kappa shape index (κ2) is 7.21. The molecule has 1 rings (SSSR count). The van der Waals surface area contributed by atoms with Crippen LogP contribution in [0.15, 0.2) is 36.4 Å². The Kier molecular flexibility index (Phi) is 5.74. The zero-order valence-corrected chi connectivity index (χ0v) is 9.19. The highest BCUT2D eigenvalue weighted by Gasteiger charge is 1.99. The van der Waals surface area contributed by atoms with Crippen LogP contribution in [0.2, 0.25) is 0 Å². The van der Waals surface area contributed by atoms with Crippen molar-refractivity contribution < 1.29 is 5.11 Å². The topological polar surface area (TPSA) is 32.3 Å². The molecule has 0 radical (unpaired) electrons.